The number of carboxylic acids is 1. The number of carbonyl (C=O) groups is 1. The Morgan fingerprint density at radius 1 is 1.44 bits per heavy atom. The molecule has 100 valence electrons. The molecule has 0 aliphatic carbocycles. The quantitative estimate of drug-likeness (QED) is 0.773. The molecular weight excluding hydrogens is 232 g/mol. The van der Waals surface area contributed by atoms with Crippen molar-refractivity contribution in [2.45, 2.75) is 38.9 Å². The summed E-state index contributed by atoms with van der Waals surface area (Å²) in [5.74, 6) is -0.150. The first-order valence-electron chi connectivity index (χ1n) is 6.14. The van der Waals surface area contributed by atoms with Gasteiger partial charge in [0.25, 0.3) is 0 Å². The highest BCUT2D eigenvalue weighted by molar-refractivity contribution is 5.72. The molecule has 0 amide bonds. The fourth-order valence-corrected chi connectivity index (χ4v) is 1.63. The average Bonchev–Trinajstić information content (AvgIpc) is 2.38. The van der Waals surface area contributed by atoms with Crippen LogP contribution < -0.4 is 4.74 Å². The molecule has 1 atom stereocenters. The van der Waals surface area contributed by atoms with Crippen LogP contribution in [-0.2, 0) is 16.1 Å². The van der Waals surface area contributed by atoms with Crippen LogP contribution in [0.5, 0.6) is 5.75 Å². The Morgan fingerprint density at radius 2 is 2.22 bits per heavy atom. The van der Waals surface area contributed by atoms with Crippen LogP contribution in [0.1, 0.15) is 31.7 Å². The Balaban J connectivity index is 2.52. The molecule has 0 aliphatic heterocycles. The molecule has 0 saturated heterocycles. The van der Waals surface area contributed by atoms with Crippen LogP contribution in [0.4, 0.5) is 0 Å². The van der Waals surface area contributed by atoms with Gasteiger partial charge in [0.05, 0.1) is 13.7 Å². The topological polar surface area (TPSA) is 55.8 Å². The molecule has 0 saturated carbocycles. The molecule has 0 aliphatic rings. The first-order valence-corrected chi connectivity index (χ1v) is 6.14. The van der Waals surface area contributed by atoms with Gasteiger partial charge < -0.3 is 14.6 Å². The van der Waals surface area contributed by atoms with E-state index in [1.807, 2.05) is 31.2 Å². The summed E-state index contributed by atoms with van der Waals surface area (Å²) in [5, 5.41) is 9.03. The van der Waals surface area contributed by atoms with E-state index in [4.69, 9.17) is 14.6 Å². The summed E-state index contributed by atoms with van der Waals surface area (Å²) in [7, 11) is 1.60. The minimum Gasteiger partial charge on any atom is -0.497 e. The van der Waals surface area contributed by atoms with Gasteiger partial charge in [-0.15, -0.1) is 0 Å². The third-order valence-electron chi connectivity index (χ3n) is 2.68. The van der Waals surface area contributed by atoms with Crippen molar-refractivity contribution in [3.63, 3.8) is 0 Å². The van der Waals surface area contributed by atoms with Gasteiger partial charge in [-0.3, -0.25) is 0 Å². The second-order valence-electron chi connectivity index (χ2n) is 4.13. The normalized spacial score (nSPS) is 12.1. The highest BCUT2D eigenvalue weighted by Gasteiger charge is 2.17. The first kappa shape index (κ1) is 14.5. The van der Waals surface area contributed by atoms with Crippen molar-refractivity contribution in [1.29, 1.82) is 0 Å². The summed E-state index contributed by atoms with van der Waals surface area (Å²) in [5.41, 5.74) is 0.914. The van der Waals surface area contributed by atoms with Crippen LogP contribution in [0.25, 0.3) is 0 Å². The minimum atomic E-state index is -0.897. The largest absolute Gasteiger partial charge is 0.497 e. The van der Waals surface area contributed by atoms with Crippen LogP contribution in [0, 0.1) is 0 Å². The molecule has 0 fully saturated rings. The summed E-state index contributed by atoms with van der Waals surface area (Å²) < 4.78 is 10.5. The van der Waals surface area contributed by atoms with Crippen molar-refractivity contribution >= 4 is 5.97 Å². The maximum Gasteiger partial charge on any atom is 0.332 e. The van der Waals surface area contributed by atoms with E-state index in [-0.39, 0.29) is 6.61 Å². The van der Waals surface area contributed by atoms with Gasteiger partial charge in [-0.05, 0) is 24.1 Å². The molecule has 1 unspecified atom stereocenters. The maximum atomic E-state index is 11.0. The van der Waals surface area contributed by atoms with Crippen LogP contribution in [0.15, 0.2) is 24.3 Å². The molecule has 0 aromatic heterocycles. The van der Waals surface area contributed by atoms with Crippen molar-refractivity contribution in [2.75, 3.05) is 7.11 Å². The zero-order valence-corrected chi connectivity index (χ0v) is 10.9. The number of carboxylic acid groups (broad SMARTS) is 1. The highest BCUT2D eigenvalue weighted by Crippen LogP contribution is 2.15. The van der Waals surface area contributed by atoms with Gasteiger partial charge in [-0.1, -0.05) is 31.9 Å². The van der Waals surface area contributed by atoms with Gasteiger partial charge in [-0.25, -0.2) is 4.79 Å². The Hall–Kier alpha value is -1.55. The number of unbranched alkanes of at least 4 members (excludes halogenated alkanes) is 1. The lowest BCUT2D eigenvalue weighted by atomic mass is 10.1. The van der Waals surface area contributed by atoms with E-state index >= 15 is 0 Å². The zero-order chi connectivity index (χ0) is 13.4. The predicted molar refractivity (Wildman–Crippen MR) is 68.7 cm³/mol. The predicted octanol–water partition coefficient (Wildman–Crippen LogP) is 2.86. The lowest BCUT2D eigenvalue weighted by molar-refractivity contribution is -0.151. The lowest BCUT2D eigenvalue weighted by Crippen LogP contribution is -2.23. The van der Waals surface area contributed by atoms with E-state index < -0.39 is 12.1 Å². The summed E-state index contributed by atoms with van der Waals surface area (Å²) in [6.45, 7) is 2.32. The SMILES string of the molecule is CCCCC(OCc1cccc(OC)c1)C(=O)O. The highest BCUT2D eigenvalue weighted by atomic mass is 16.5. The fourth-order valence-electron chi connectivity index (χ4n) is 1.63. The van der Waals surface area contributed by atoms with Crippen molar-refractivity contribution in [1.82, 2.24) is 0 Å². The summed E-state index contributed by atoms with van der Waals surface area (Å²) in [6.07, 6.45) is 1.65. The van der Waals surface area contributed by atoms with Gasteiger partial charge in [-0.2, -0.15) is 0 Å². The second-order valence-corrected chi connectivity index (χ2v) is 4.13. The van der Waals surface area contributed by atoms with Gasteiger partial charge >= 0.3 is 5.97 Å². The Kier molecular flexibility index (Phi) is 6.22. The van der Waals surface area contributed by atoms with Crippen LogP contribution >= 0.6 is 0 Å². The number of aliphatic carboxylic acids is 1. The third-order valence-corrected chi connectivity index (χ3v) is 2.68. The Morgan fingerprint density at radius 3 is 2.83 bits per heavy atom. The fraction of sp³-hybridized carbons (Fsp3) is 0.500. The second kappa shape index (κ2) is 7.71. The molecule has 18 heavy (non-hydrogen) atoms. The van der Waals surface area contributed by atoms with Gasteiger partial charge in [0.2, 0.25) is 0 Å². The van der Waals surface area contributed by atoms with Gasteiger partial charge in [0.15, 0.2) is 6.10 Å². The van der Waals surface area contributed by atoms with Crippen molar-refractivity contribution in [3.8, 4) is 5.75 Å². The van der Waals surface area contributed by atoms with Crippen LogP contribution in [-0.4, -0.2) is 24.3 Å². The monoisotopic (exact) mass is 252 g/mol. The summed E-state index contributed by atoms with van der Waals surface area (Å²) in [6, 6.07) is 7.44. The molecule has 1 aromatic carbocycles. The van der Waals surface area contributed by atoms with Crippen molar-refractivity contribution in [3.05, 3.63) is 29.8 Å². The number of hydrogen-bond donors (Lipinski definition) is 1. The van der Waals surface area contributed by atoms with E-state index in [0.29, 0.717) is 6.42 Å². The standard InChI is InChI=1S/C14H20O4/c1-3-4-8-13(14(15)16)18-10-11-6-5-7-12(9-11)17-2/h5-7,9,13H,3-4,8,10H2,1-2H3,(H,15,16). The smallest absolute Gasteiger partial charge is 0.332 e. The number of rotatable bonds is 8. The maximum absolute atomic E-state index is 11.0. The van der Waals surface area contributed by atoms with Gasteiger partial charge in [0, 0.05) is 0 Å². The molecule has 0 radical (unpaired) electrons. The molecule has 0 spiro atoms. The number of ether oxygens (including phenoxy) is 2. The number of methoxy groups -OCH3 is 1. The van der Waals surface area contributed by atoms with E-state index in [9.17, 15) is 4.79 Å². The van der Waals surface area contributed by atoms with E-state index in [1.54, 1.807) is 7.11 Å². The molecule has 0 bridgehead atoms. The summed E-state index contributed by atoms with van der Waals surface area (Å²) in [4.78, 5) is 11.0. The van der Waals surface area contributed by atoms with Gasteiger partial charge in [0.1, 0.15) is 5.75 Å². The lowest BCUT2D eigenvalue weighted by Gasteiger charge is -2.13. The minimum absolute atomic E-state index is 0.290. The number of hydrogen-bond acceptors (Lipinski definition) is 3. The molecule has 4 heteroatoms. The van der Waals surface area contributed by atoms with E-state index in [1.165, 1.54) is 0 Å². The van der Waals surface area contributed by atoms with Crippen molar-refractivity contribution < 1.29 is 19.4 Å². The Labute approximate surface area is 108 Å². The average molecular weight is 252 g/mol. The van der Waals surface area contributed by atoms with Crippen molar-refractivity contribution in [2.24, 2.45) is 0 Å². The third kappa shape index (κ3) is 4.75. The summed E-state index contributed by atoms with van der Waals surface area (Å²) >= 11 is 0. The van der Waals surface area contributed by atoms with Crippen LogP contribution in [0.3, 0.4) is 0 Å². The molecule has 1 aromatic rings. The van der Waals surface area contributed by atoms with E-state index in [2.05, 4.69) is 0 Å². The molecule has 0 heterocycles. The molecule has 1 rings (SSSR count). The number of benzene rings is 1. The molecule has 4 nitrogen and oxygen atoms in total. The van der Waals surface area contributed by atoms with E-state index in [0.717, 1.165) is 24.2 Å². The molecule has 1 N–H and O–H groups in total. The zero-order valence-electron chi connectivity index (χ0n) is 10.9. The Bertz CT molecular complexity index is 376. The first-order chi connectivity index (χ1) is 8.67. The van der Waals surface area contributed by atoms with Crippen LogP contribution in [0.2, 0.25) is 0 Å². The molecular formula is C14H20O4.